The van der Waals surface area contributed by atoms with Gasteiger partial charge in [0.2, 0.25) is 0 Å². The molecule has 55 heavy (non-hydrogen) atoms. The van der Waals surface area contributed by atoms with Crippen LogP contribution in [0.5, 0.6) is 11.5 Å². The first-order valence-corrected chi connectivity index (χ1v) is 19.8. The van der Waals surface area contributed by atoms with Gasteiger partial charge in [0.15, 0.2) is 11.5 Å². The number of hydrogen-bond acceptors (Lipinski definition) is 4. The Labute approximate surface area is 319 Å². The molecule has 0 spiro atoms. The summed E-state index contributed by atoms with van der Waals surface area (Å²) in [6.45, 7) is 0. The summed E-state index contributed by atoms with van der Waals surface area (Å²) in [6, 6.07) is 64.0. The standard InChI is InChI=1S/C49H33N2O3P/c52-55(51-45-21-11-12-30-50-45)53-48-43(37-26-22-35(23-27-37)33-13-3-1-4-14-33)31-39-17-7-9-19-41(39)46(48)47-42-20-10-8-18-40(42)32-44(49(47)54-55)38-28-24-36(25-29-38)34-15-5-2-6-16-34/h1-32H,(H,50,51,52)/p+1. The van der Waals surface area contributed by atoms with E-state index < -0.39 is 8.09 Å². The maximum Gasteiger partial charge on any atom is 0.504 e. The highest BCUT2D eigenvalue weighted by Crippen LogP contribution is 2.64. The molecule has 0 saturated heterocycles. The first kappa shape index (κ1) is 32.8. The van der Waals surface area contributed by atoms with Crippen LogP contribution < -0.4 is 24.0 Å². The molecule has 2 heterocycles. The smallest absolute Gasteiger partial charge is 0.504 e. The number of H-pyrrole nitrogens is 1. The van der Waals surface area contributed by atoms with Crippen LogP contribution in [0, 0.1) is 0 Å². The number of rotatable bonds is 6. The second-order valence-corrected chi connectivity index (χ2v) is 15.2. The lowest BCUT2D eigenvalue weighted by Gasteiger charge is -2.23. The molecule has 9 aromatic rings. The minimum absolute atomic E-state index is 0.485. The highest BCUT2D eigenvalue weighted by Gasteiger charge is 2.47. The Morgan fingerprint density at radius 3 is 1.27 bits per heavy atom. The number of benzene rings is 8. The van der Waals surface area contributed by atoms with Crippen LogP contribution in [0.4, 0.5) is 5.82 Å². The predicted octanol–water partition coefficient (Wildman–Crippen LogP) is 12.1. The van der Waals surface area contributed by atoms with Gasteiger partial charge in [0.25, 0.3) is 0 Å². The first-order chi connectivity index (χ1) is 27.1. The van der Waals surface area contributed by atoms with E-state index in [-0.39, 0.29) is 0 Å². The molecule has 1 aliphatic heterocycles. The molecule has 1 aromatic heterocycles. The molecule has 8 aromatic carbocycles. The van der Waals surface area contributed by atoms with Crippen LogP contribution in [0.1, 0.15) is 0 Å². The van der Waals surface area contributed by atoms with Crippen LogP contribution in [0.15, 0.2) is 194 Å². The largest absolute Gasteiger partial charge is 0.581 e. The molecule has 0 unspecified atom stereocenters. The monoisotopic (exact) mass is 729 g/mol. The number of fused-ring (bicyclic) bond motifs is 7. The van der Waals surface area contributed by atoms with Gasteiger partial charge >= 0.3 is 13.9 Å². The van der Waals surface area contributed by atoms with E-state index in [4.69, 9.17) is 9.05 Å². The minimum atomic E-state index is -4.19. The highest BCUT2D eigenvalue weighted by molar-refractivity contribution is 7.61. The summed E-state index contributed by atoms with van der Waals surface area (Å²) in [5, 5.41) is 7.14. The molecule has 0 aliphatic carbocycles. The van der Waals surface area contributed by atoms with Crippen LogP contribution in [0.2, 0.25) is 0 Å². The summed E-state index contributed by atoms with van der Waals surface area (Å²) in [7, 11) is -4.19. The van der Waals surface area contributed by atoms with E-state index in [9.17, 15) is 0 Å². The zero-order valence-corrected chi connectivity index (χ0v) is 30.5. The van der Waals surface area contributed by atoms with Crippen molar-refractivity contribution in [3.8, 4) is 67.1 Å². The molecular weight excluding hydrogens is 696 g/mol. The van der Waals surface area contributed by atoms with Crippen molar-refractivity contribution in [2.24, 2.45) is 0 Å². The highest BCUT2D eigenvalue weighted by atomic mass is 31.2. The van der Waals surface area contributed by atoms with Gasteiger partial charge in [-0.3, -0.25) is 9.05 Å². The third-order valence-corrected chi connectivity index (χ3v) is 11.6. The van der Waals surface area contributed by atoms with Gasteiger partial charge in [-0.2, -0.15) is 0 Å². The molecule has 5 nitrogen and oxygen atoms in total. The molecular formula is C49H34N2O3P+. The third-order valence-electron chi connectivity index (χ3n) is 10.2. The zero-order chi connectivity index (χ0) is 36.8. The topological polar surface area (TPSA) is 67.7 Å². The molecule has 0 bridgehead atoms. The summed E-state index contributed by atoms with van der Waals surface area (Å²) >= 11 is 0. The van der Waals surface area contributed by atoms with Crippen LogP contribution in [-0.4, -0.2) is 0 Å². The van der Waals surface area contributed by atoms with Crippen LogP contribution in [0.3, 0.4) is 0 Å². The first-order valence-electron chi connectivity index (χ1n) is 18.3. The van der Waals surface area contributed by atoms with E-state index >= 15 is 4.89 Å². The number of anilines is 1. The fraction of sp³-hybridized carbons (Fsp3) is 0. The number of nitrogens with one attached hydrogen (secondary N) is 2. The number of hydrogen-bond donors (Lipinski definition) is 1. The Morgan fingerprint density at radius 2 is 0.818 bits per heavy atom. The van der Waals surface area contributed by atoms with Gasteiger partial charge in [0, 0.05) is 28.3 Å². The van der Waals surface area contributed by atoms with Gasteiger partial charge in [0.05, 0.1) is 6.20 Å². The fourth-order valence-electron chi connectivity index (χ4n) is 7.63. The van der Waals surface area contributed by atoms with Crippen molar-refractivity contribution in [1.82, 2.24) is 0 Å². The maximum atomic E-state index is 15.5. The lowest BCUT2D eigenvalue weighted by molar-refractivity contribution is -0.360. The van der Waals surface area contributed by atoms with E-state index in [2.05, 4.69) is 119 Å². The van der Waals surface area contributed by atoms with Crippen molar-refractivity contribution in [3.05, 3.63) is 194 Å². The Balaban J connectivity index is 1.26. The van der Waals surface area contributed by atoms with Gasteiger partial charge in [0.1, 0.15) is 0 Å². The zero-order valence-electron chi connectivity index (χ0n) is 29.6. The maximum absolute atomic E-state index is 15.5. The molecule has 2 N–H and O–H groups in total. The average Bonchev–Trinajstić information content (AvgIpc) is 3.38. The van der Waals surface area contributed by atoms with Crippen molar-refractivity contribution in [2.75, 3.05) is 5.09 Å². The van der Waals surface area contributed by atoms with Crippen molar-refractivity contribution >= 4 is 35.5 Å². The minimum Gasteiger partial charge on any atom is -0.581 e. The van der Waals surface area contributed by atoms with E-state index in [1.54, 1.807) is 6.20 Å². The molecule has 10 rings (SSSR count). The van der Waals surface area contributed by atoms with E-state index in [0.29, 0.717) is 17.3 Å². The molecule has 0 amide bonds. The molecule has 0 saturated carbocycles. The summed E-state index contributed by atoms with van der Waals surface area (Å²) < 4.78 is 13.7. The number of pyridine rings is 1. The van der Waals surface area contributed by atoms with Crippen molar-refractivity contribution in [2.45, 2.75) is 0 Å². The van der Waals surface area contributed by atoms with Crippen LogP contribution in [0.25, 0.3) is 77.2 Å². The van der Waals surface area contributed by atoms with Crippen LogP contribution >= 0.6 is 8.09 Å². The molecule has 262 valence electrons. The van der Waals surface area contributed by atoms with Gasteiger partial charge < -0.3 is 4.89 Å². The van der Waals surface area contributed by atoms with Gasteiger partial charge in [-0.25, -0.2) is 4.98 Å². The Kier molecular flexibility index (Phi) is 8.10. The fourth-order valence-corrected chi connectivity index (χ4v) is 9.06. The molecule has 6 heteroatoms. The van der Waals surface area contributed by atoms with E-state index in [0.717, 1.165) is 77.2 Å². The summed E-state index contributed by atoms with van der Waals surface area (Å²) in [5.41, 5.74) is 9.60. The van der Waals surface area contributed by atoms with E-state index in [1.807, 2.05) is 78.9 Å². The lowest BCUT2D eigenvalue weighted by Crippen LogP contribution is -2.29. The second kappa shape index (κ2) is 13.6. The van der Waals surface area contributed by atoms with Gasteiger partial charge in [-0.15, -0.1) is 0 Å². The Hall–Kier alpha value is -6.78. The van der Waals surface area contributed by atoms with Crippen LogP contribution in [-0.2, 0) is 0 Å². The summed E-state index contributed by atoms with van der Waals surface area (Å²) in [4.78, 5) is 18.7. The average molecular weight is 730 g/mol. The van der Waals surface area contributed by atoms with Crippen molar-refractivity contribution < 1.29 is 18.9 Å². The van der Waals surface area contributed by atoms with E-state index in [1.165, 1.54) is 0 Å². The van der Waals surface area contributed by atoms with Gasteiger partial charge in [-0.1, -0.05) is 169 Å². The predicted molar refractivity (Wildman–Crippen MR) is 223 cm³/mol. The molecule has 0 radical (unpaired) electrons. The molecule has 0 atom stereocenters. The molecule has 1 aliphatic rings. The quantitative estimate of drug-likeness (QED) is 0.173. The lowest BCUT2D eigenvalue weighted by atomic mass is 9.86. The Bertz CT molecular complexity index is 2660. The number of aromatic nitrogens is 1. The van der Waals surface area contributed by atoms with Gasteiger partial charge in [-0.05, 0) is 73.1 Å². The van der Waals surface area contributed by atoms with Crippen molar-refractivity contribution in [1.29, 1.82) is 0 Å². The Morgan fingerprint density at radius 1 is 0.418 bits per heavy atom. The second-order valence-electron chi connectivity index (χ2n) is 13.7. The number of aromatic amines is 1. The normalized spacial score (nSPS) is 12.9. The third kappa shape index (κ3) is 6.06. The summed E-state index contributed by atoms with van der Waals surface area (Å²) in [6.07, 6.45) is 1.77. The van der Waals surface area contributed by atoms with Crippen molar-refractivity contribution in [3.63, 3.8) is 0 Å². The SMILES string of the molecule is [O-][P+]1(Nc2cccc[nH+]2)Oc2c(-c3ccc(-c4ccccc4)cc3)cc3ccccc3c2-c2c(c(-c3ccc(-c4ccccc4)cc3)cc3ccccc23)O1. The summed E-state index contributed by atoms with van der Waals surface area (Å²) in [5.74, 6) is 1.47. The molecule has 0 fully saturated rings.